The maximum absolute atomic E-state index is 12.3. The average molecular weight is 316 g/mol. The highest BCUT2D eigenvalue weighted by molar-refractivity contribution is 6.08. The molecule has 0 aliphatic heterocycles. The van der Waals surface area contributed by atoms with E-state index >= 15 is 0 Å². The number of benzene rings is 2. The van der Waals surface area contributed by atoms with Crippen molar-refractivity contribution in [2.24, 2.45) is 0 Å². The first-order valence-electron chi connectivity index (χ1n) is 6.54. The van der Waals surface area contributed by atoms with Crippen molar-refractivity contribution in [1.29, 1.82) is 0 Å². The third-order valence-corrected chi connectivity index (χ3v) is 3.12. The standard InChI is InChI=1S/C16H15NO6/c1-22-13-6-3-9(7-14(13)23-2)15(19)17-12-5-4-10(18)8-11(12)16(20)21/h3-8,18H,1-2H3,(H,17,19)(H,20,21)/p-1. The number of anilines is 1. The highest BCUT2D eigenvalue weighted by Gasteiger charge is 2.15. The molecule has 0 radical (unpaired) electrons. The van der Waals surface area contributed by atoms with Gasteiger partial charge < -0.3 is 25.0 Å². The third-order valence-electron chi connectivity index (χ3n) is 3.12. The maximum atomic E-state index is 12.3. The Bertz CT molecular complexity index is 756. The van der Waals surface area contributed by atoms with Gasteiger partial charge in [0.1, 0.15) is 0 Å². The highest BCUT2D eigenvalue weighted by Crippen LogP contribution is 2.28. The van der Waals surface area contributed by atoms with E-state index in [2.05, 4.69) is 5.32 Å². The topological polar surface area (TPSA) is 108 Å². The molecule has 7 heteroatoms. The molecule has 0 bridgehead atoms. The molecule has 0 aromatic heterocycles. The van der Waals surface area contributed by atoms with Gasteiger partial charge in [0.05, 0.1) is 25.5 Å². The van der Waals surface area contributed by atoms with Crippen LogP contribution in [0.15, 0.2) is 36.4 Å². The van der Waals surface area contributed by atoms with Gasteiger partial charge in [-0.2, -0.15) is 0 Å². The Morgan fingerprint density at radius 2 is 1.74 bits per heavy atom. The van der Waals surface area contributed by atoms with Gasteiger partial charge in [-0.3, -0.25) is 4.79 Å². The second-order valence-electron chi connectivity index (χ2n) is 4.54. The van der Waals surface area contributed by atoms with Crippen molar-refractivity contribution >= 4 is 17.6 Å². The van der Waals surface area contributed by atoms with Crippen LogP contribution in [-0.4, -0.2) is 31.2 Å². The molecule has 0 spiro atoms. The number of carboxylic acid groups (broad SMARTS) is 1. The number of hydrogen-bond donors (Lipinski definition) is 2. The molecule has 120 valence electrons. The molecule has 2 aromatic rings. The monoisotopic (exact) mass is 316 g/mol. The molecule has 23 heavy (non-hydrogen) atoms. The van der Waals surface area contributed by atoms with Gasteiger partial charge in [-0.25, -0.2) is 4.79 Å². The van der Waals surface area contributed by atoms with Crippen LogP contribution in [0.25, 0.3) is 0 Å². The second-order valence-corrected chi connectivity index (χ2v) is 4.54. The number of carbonyl (C=O) groups excluding carboxylic acids is 1. The number of methoxy groups -OCH3 is 2. The molecule has 7 nitrogen and oxygen atoms in total. The van der Waals surface area contributed by atoms with E-state index in [4.69, 9.17) is 14.6 Å². The number of ether oxygens (including phenoxy) is 2. The van der Waals surface area contributed by atoms with Gasteiger partial charge in [0, 0.05) is 5.56 Å². The fourth-order valence-electron chi connectivity index (χ4n) is 1.98. The van der Waals surface area contributed by atoms with E-state index in [1.165, 1.54) is 38.5 Å². The largest absolute Gasteiger partial charge is 0.872 e. The summed E-state index contributed by atoms with van der Waals surface area (Å²) in [6, 6.07) is 7.93. The van der Waals surface area contributed by atoms with Crippen molar-refractivity contribution in [2.75, 3.05) is 19.5 Å². The van der Waals surface area contributed by atoms with Gasteiger partial charge in [0.2, 0.25) is 0 Å². The minimum atomic E-state index is -1.30. The number of hydrogen-bond acceptors (Lipinski definition) is 5. The molecule has 0 heterocycles. The maximum Gasteiger partial charge on any atom is 0.337 e. The normalized spacial score (nSPS) is 10.0. The van der Waals surface area contributed by atoms with Crippen LogP contribution in [0.3, 0.4) is 0 Å². The lowest BCUT2D eigenvalue weighted by atomic mass is 10.1. The quantitative estimate of drug-likeness (QED) is 0.869. The molecular formula is C16H14NO6-. The predicted octanol–water partition coefficient (Wildman–Crippen LogP) is 1.73. The van der Waals surface area contributed by atoms with Crippen LogP contribution in [0.4, 0.5) is 5.69 Å². The van der Waals surface area contributed by atoms with Gasteiger partial charge in [-0.15, -0.1) is 5.75 Å². The Morgan fingerprint density at radius 3 is 2.35 bits per heavy atom. The van der Waals surface area contributed by atoms with Gasteiger partial charge >= 0.3 is 5.97 Å². The van der Waals surface area contributed by atoms with Crippen molar-refractivity contribution in [3.8, 4) is 17.2 Å². The molecule has 2 N–H and O–H groups in total. The zero-order chi connectivity index (χ0) is 17.0. The van der Waals surface area contributed by atoms with Crippen LogP contribution in [0.5, 0.6) is 17.2 Å². The first-order valence-corrected chi connectivity index (χ1v) is 6.54. The third kappa shape index (κ3) is 3.52. The van der Waals surface area contributed by atoms with Crippen LogP contribution < -0.4 is 19.9 Å². The van der Waals surface area contributed by atoms with Gasteiger partial charge in [0.25, 0.3) is 5.91 Å². The fraction of sp³-hybridized carbons (Fsp3) is 0.125. The molecule has 0 atom stereocenters. The van der Waals surface area contributed by atoms with E-state index in [1.54, 1.807) is 6.07 Å². The zero-order valence-electron chi connectivity index (χ0n) is 12.5. The minimum Gasteiger partial charge on any atom is -0.872 e. The van der Waals surface area contributed by atoms with E-state index in [0.29, 0.717) is 11.5 Å². The minimum absolute atomic E-state index is 0.0388. The van der Waals surface area contributed by atoms with Gasteiger partial charge in [-0.05, 0) is 24.3 Å². The lowest BCUT2D eigenvalue weighted by Gasteiger charge is -2.13. The molecule has 2 rings (SSSR count). The molecule has 0 unspecified atom stereocenters. The van der Waals surface area contributed by atoms with Crippen LogP contribution >= 0.6 is 0 Å². The molecule has 1 amide bonds. The van der Waals surface area contributed by atoms with E-state index in [-0.39, 0.29) is 16.8 Å². The lowest BCUT2D eigenvalue weighted by Crippen LogP contribution is -2.15. The Kier molecular flexibility index (Phi) is 4.70. The van der Waals surface area contributed by atoms with E-state index in [1.807, 2.05) is 0 Å². The highest BCUT2D eigenvalue weighted by atomic mass is 16.5. The van der Waals surface area contributed by atoms with E-state index < -0.39 is 17.6 Å². The lowest BCUT2D eigenvalue weighted by molar-refractivity contribution is -0.268. The van der Waals surface area contributed by atoms with E-state index in [0.717, 1.165) is 6.07 Å². The summed E-state index contributed by atoms with van der Waals surface area (Å²) in [6.45, 7) is 0. The summed E-state index contributed by atoms with van der Waals surface area (Å²) < 4.78 is 10.2. The van der Waals surface area contributed by atoms with Crippen LogP contribution in [0.2, 0.25) is 0 Å². The van der Waals surface area contributed by atoms with Gasteiger partial charge in [-0.1, -0.05) is 12.1 Å². The van der Waals surface area contributed by atoms with Crippen molar-refractivity contribution in [1.82, 2.24) is 0 Å². The molecule has 0 saturated carbocycles. The first-order chi connectivity index (χ1) is 11.0. The number of carbonyl (C=O) groups is 2. The Morgan fingerprint density at radius 1 is 1.04 bits per heavy atom. The summed E-state index contributed by atoms with van der Waals surface area (Å²) in [6.07, 6.45) is 0. The smallest absolute Gasteiger partial charge is 0.337 e. The number of carboxylic acids is 1. The molecule has 0 saturated heterocycles. The predicted molar refractivity (Wildman–Crippen MR) is 80.3 cm³/mol. The summed E-state index contributed by atoms with van der Waals surface area (Å²) in [4.78, 5) is 23.4. The summed E-state index contributed by atoms with van der Waals surface area (Å²) in [5.74, 6) is -1.46. The van der Waals surface area contributed by atoms with Crippen LogP contribution in [0, 0.1) is 0 Å². The number of aromatic carboxylic acids is 1. The summed E-state index contributed by atoms with van der Waals surface area (Å²) in [7, 11) is 2.91. The van der Waals surface area contributed by atoms with Gasteiger partial charge in [0.15, 0.2) is 11.5 Å². The molecule has 0 fully saturated rings. The Balaban J connectivity index is 2.31. The summed E-state index contributed by atoms with van der Waals surface area (Å²) >= 11 is 0. The molecule has 2 aromatic carbocycles. The number of amides is 1. The molecule has 0 aliphatic carbocycles. The van der Waals surface area contributed by atoms with Crippen LogP contribution in [-0.2, 0) is 0 Å². The average Bonchev–Trinajstić information content (AvgIpc) is 2.55. The van der Waals surface area contributed by atoms with Crippen molar-refractivity contribution in [3.05, 3.63) is 47.5 Å². The fourth-order valence-corrected chi connectivity index (χ4v) is 1.98. The number of rotatable bonds is 5. The summed E-state index contributed by atoms with van der Waals surface area (Å²) in [5, 5.41) is 22.8. The summed E-state index contributed by atoms with van der Waals surface area (Å²) in [5.41, 5.74) is 0.0217. The second kappa shape index (κ2) is 6.69. The molecular weight excluding hydrogens is 302 g/mol. The zero-order valence-corrected chi connectivity index (χ0v) is 12.5. The Labute approximate surface area is 132 Å². The molecule has 0 aliphatic rings. The van der Waals surface area contributed by atoms with Crippen LogP contribution in [0.1, 0.15) is 20.7 Å². The SMILES string of the molecule is COc1ccc(C(=O)Nc2ccc([O-])cc2C(=O)O)cc1OC. The number of nitrogens with one attached hydrogen (secondary N) is 1. The van der Waals surface area contributed by atoms with Crippen molar-refractivity contribution in [2.45, 2.75) is 0 Å². The first kappa shape index (κ1) is 16.2. The van der Waals surface area contributed by atoms with E-state index in [9.17, 15) is 14.7 Å². The Hall–Kier alpha value is -3.22. The van der Waals surface area contributed by atoms with Crippen molar-refractivity contribution in [3.63, 3.8) is 0 Å². The van der Waals surface area contributed by atoms with Crippen molar-refractivity contribution < 1.29 is 29.3 Å².